The summed E-state index contributed by atoms with van der Waals surface area (Å²) in [6.45, 7) is 5.22. The molecule has 1 saturated heterocycles. The van der Waals surface area contributed by atoms with E-state index in [-0.39, 0.29) is 0 Å². The fourth-order valence-electron chi connectivity index (χ4n) is 2.20. The Morgan fingerprint density at radius 1 is 1.29 bits per heavy atom. The molecule has 0 saturated carbocycles. The zero-order valence-corrected chi connectivity index (χ0v) is 10.7. The van der Waals surface area contributed by atoms with E-state index in [1.54, 1.807) is 14.2 Å². The minimum atomic E-state index is 0.510. The molecule has 2 rings (SSSR count). The Kier molecular flexibility index (Phi) is 3.74. The second-order valence-corrected chi connectivity index (χ2v) is 4.34. The summed E-state index contributed by atoms with van der Waals surface area (Å²) >= 11 is 0. The van der Waals surface area contributed by atoms with Crippen LogP contribution in [0.4, 0.5) is 5.69 Å². The summed E-state index contributed by atoms with van der Waals surface area (Å²) in [5.41, 5.74) is 1.14. The van der Waals surface area contributed by atoms with Crippen LogP contribution in [-0.2, 0) is 0 Å². The van der Waals surface area contributed by atoms with Gasteiger partial charge in [-0.25, -0.2) is 0 Å². The molecule has 1 aliphatic rings. The first-order valence-electron chi connectivity index (χ1n) is 5.95. The molecule has 1 fully saturated rings. The van der Waals surface area contributed by atoms with E-state index in [1.165, 1.54) is 0 Å². The largest absolute Gasteiger partial charge is 0.497 e. The Labute approximate surface area is 103 Å². The van der Waals surface area contributed by atoms with Gasteiger partial charge < -0.3 is 19.7 Å². The molecule has 4 heteroatoms. The van der Waals surface area contributed by atoms with E-state index in [9.17, 15) is 0 Å². The van der Waals surface area contributed by atoms with Crippen molar-refractivity contribution in [3.8, 4) is 11.5 Å². The van der Waals surface area contributed by atoms with E-state index in [4.69, 9.17) is 9.47 Å². The van der Waals surface area contributed by atoms with E-state index in [1.807, 2.05) is 12.1 Å². The van der Waals surface area contributed by atoms with Gasteiger partial charge in [0.2, 0.25) is 0 Å². The van der Waals surface area contributed by atoms with E-state index < -0.39 is 0 Å². The maximum Gasteiger partial charge on any atom is 0.145 e. The van der Waals surface area contributed by atoms with Crippen molar-refractivity contribution < 1.29 is 9.47 Å². The number of hydrogen-bond acceptors (Lipinski definition) is 4. The first kappa shape index (κ1) is 12.0. The second-order valence-electron chi connectivity index (χ2n) is 4.34. The summed E-state index contributed by atoms with van der Waals surface area (Å²) < 4.78 is 10.6. The highest BCUT2D eigenvalue weighted by Gasteiger charge is 2.19. The molecular formula is C13H20N2O2. The second kappa shape index (κ2) is 5.27. The number of nitrogens with one attached hydrogen (secondary N) is 1. The third kappa shape index (κ3) is 2.64. The van der Waals surface area contributed by atoms with Gasteiger partial charge in [-0.15, -0.1) is 0 Å². The van der Waals surface area contributed by atoms with Gasteiger partial charge in [-0.3, -0.25) is 0 Å². The molecule has 0 aromatic heterocycles. The van der Waals surface area contributed by atoms with Crippen LogP contribution in [0.1, 0.15) is 6.92 Å². The Hall–Kier alpha value is -1.42. The first-order chi connectivity index (χ1) is 8.24. The molecule has 0 spiro atoms. The van der Waals surface area contributed by atoms with Gasteiger partial charge in [-0.05, 0) is 19.1 Å². The fourth-order valence-corrected chi connectivity index (χ4v) is 2.20. The van der Waals surface area contributed by atoms with Crippen LogP contribution in [0.15, 0.2) is 18.2 Å². The molecule has 0 amide bonds. The Balaban J connectivity index is 2.24. The summed E-state index contributed by atoms with van der Waals surface area (Å²) in [7, 11) is 3.37. The van der Waals surface area contributed by atoms with E-state index in [2.05, 4.69) is 23.2 Å². The average Bonchev–Trinajstić information content (AvgIpc) is 2.38. The summed E-state index contributed by atoms with van der Waals surface area (Å²) in [6.07, 6.45) is 0. The molecule has 1 aromatic carbocycles. The number of benzene rings is 1. The van der Waals surface area contributed by atoms with Crippen molar-refractivity contribution >= 4 is 5.69 Å². The maximum atomic E-state index is 5.43. The zero-order chi connectivity index (χ0) is 12.3. The van der Waals surface area contributed by atoms with Crippen molar-refractivity contribution in [2.45, 2.75) is 13.0 Å². The van der Waals surface area contributed by atoms with Crippen LogP contribution >= 0.6 is 0 Å². The Morgan fingerprint density at radius 2 is 2.12 bits per heavy atom. The molecule has 4 nitrogen and oxygen atoms in total. The summed E-state index contributed by atoms with van der Waals surface area (Å²) in [5.74, 6) is 1.70. The highest BCUT2D eigenvalue weighted by molar-refractivity contribution is 5.61. The van der Waals surface area contributed by atoms with Gasteiger partial charge in [0, 0.05) is 31.7 Å². The molecule has 1 N–H and O–H groups in total. The van der Waals surface area contributed by atoms with E-state index >= 15 is 0 Å². The molecule has 0 aliphatic carbocycles. The van der Waals surface area contributed by atoms with Crippen LogP contribution < -0.4 is 19.7 Å². The van der Waals surface area contributed by atoms with Crippen molar-refractivity contribution in [1.29, 1.82) is 0 Å². The third-order valence-electron chi connectivity index (χ3n) is 3.10. The molecular weight excluding hydrogens is 216 g/mol. The van der Waals surface area contributed by atoms with Crippen molar-refractivity contribution in [3.63, 3.8) is 0 Å². The maximum absolute atomic E-state index is 5.43. The van der Waals surface area contributed by atoms with Gasteiger partial charge in [0.15, 0.2) is 0 Å². The smallest absolute Gasteiger partial charge is 0.145 e. The normalized spacial score (nSPS) is 20.2. The monoisotopic (exact) mass is 236 g/mol. The number of nitrogens with zero attached hydrogens (tertiary/aromatic N) is 1. The standard InChI is InChI=1S/C13H20N2O2/c1-10-9-15(7-6-14-10)12-5-4-11(16-2)8-13(12)17-3/h4-5,8,10,14H,6-7,9H2,1-3H3/t10-/m1/s1. The summed E-state index contributed by atoms with van der Waals surface area (Å²) in [6, 6.07) is 6.48. The molecule has 1 aromatic rings. The minimum absolute atomic E-state index is 0.510. The van der Waals surface area contributed by atoms with Crippen molar-refractivity contribution in [2.75, 3.05) is 38.8 Å². The quantitative estimate of drug-likeness (QED) is 0.862. The van der Waals surface area contributed by atoms with Crippen molar-refractivity contribution in [2.24, 2.45) is 0 Å². The van der Waals surface area contributed by atoms with E-state index in [0.29, 0.717) is 6.04 Å². The van der Waals surface area contributed by atoms with Crippen LogP contribution in [-0.4, -0.2) is 39.9 Å². The molecule has 0 radical (unpaired) electrons. The number of methoxy groups -OCH3 is 2. The van der Waals surface area contributed by atoms with E-state index in [0.717, 1.165) is 36.8 Å². The lowest BCUT2D eigenvalue weighted by molar-refractivity contribution is 0.392. The highest BCUT2D eigenvalue weighted by Crippen LogP contribution is 2.32. The lowest BCUT2D eigenvalue weighted by Crippen LogP contribution is -2.49. The zero-order valence-electron chi connectivity index (χ0n) is 10.7. The molecule has 17 heavy (non-hydrogen) atoms. The van der Waals surface area contributed by atoms with Crippen LogP contribution in [0.25, 0.3) is 0 Å². The number of hydrogen-bond donors (Lipinski definition) is 1. The molecule has 1 heterocycles. The lowest BCUT2D eigenvalue weighted by Gasteiger charge is -2.34. The van der Waals surface area contributed by atoms with Gasteiger partial charge in [0.25, 0.3) is 0 Å². The number of piperazine rings is 1. The molecule has 94 valence electrons. The van der Waals surface area contributed by atoms with Gasteiger partial charge in [-0.1, -0.05) is 0 Å². The first-order valence-corrected chi connectivity index (χ1v) is 5.95. The number of anilines is 1. The lowest BCUT2D eigenvalue weighted by atomic mass is 10.2. The van der Waals surface area contributed by atoms with Gasteiger partial charge in [0.1, 0.15) is 11.5 Å². The Morgan fingerprint density at radius 3 is 2.76 bits per heavy atom. The average molecular weight is 236 g/mol. The molecule has 1 aliphatic heterocycles. The predicted octanol–water partition coefficient (Wildman–Crippen LogP) is 1.50. The van der Waals surface area contributed by atoms with Crippen LogP contribution in [0, 0.1) is 0 Å². The van der Waals surface area contributed by atoms with Gasteiger partial charge in [-0.2, -0.15) is 0 Å². The van der Waals surface area contributed by atoms with Crippen LogP contribution in [0.3, 0.4) is 0 Å². The van der Waals surface area contributed by atoms with Gasteiger partial charge >= 0.3 is 0 Å². The van der Waals surface area contributed by atoms with Crippen molar-refractivity contribution in [1.82, 2.24) is 5.32 Å². The molecule has 1 atom stereocenters. The predicted molar refractivity (Wildman–Crippen MR) is 69.2 cm³/mol. The number of ether oxygens (including phenoxy) is 2. The SMILES string of the molecule is COc1ccc(N2CCN[C@H](C)C2)c(OC)c1. The van der Waals surface area contributed by atoms with Crippen LogP contribution in [0.2, 0.25) is 0 Å². The highest BCUT2D eigenvalue weighted by atomic mass is 16.5. The third-order valence-corrected chi connectivity index (χ3v) is 3.10. The van der Waals surface area contributed by atoms with Gasteiger partial charge in [0.05, 0.1) is 19.9 Å². The summed E-state index contributed by atoms with van der Waals surface area (Å²) in [4.78, 5) is 2.35. The van der Waals surface area contributed by atoms with Crippen molar-refractivity contribution in [3.05, 3.63) is 18.2 Å². The number of rotatable bonds is 3. The molecule has 0 bridgehead atoms. The minimum Gasteiger partial charge on any atom is -0.497 e. The molecule has 0 unspecified atom stereocenters. The fraction of sp³-hybridized carbons (Fsp3) is 0.538. The summed E-state index contributed by atoms with van der Waals surface area (Å²) in [5, 5.41) is 3.43. The topological polar surface area (TPSA) is 33.7 Å². The Bertz CT molecular complexity index is 382. The van der Waals surface area contributed by atoms with Crippen LogP contribution in [0.5, 0.6) is 11.5 Å².